The van der Waals surface area contributed by atoms with Crippen LogP contribution in [-0.4, -0.2) is 72.2 Å². The highest BCUT2D eigenvalue weighted by molar-refractivity contribution is 7.15. The highest BCUT2D eigenvalue weighted by Gasteiger charge is 2.48. The van der Waals surface area contributed by atoms with Crippen LogP contribution in [0.3, 0.4) is 0 Å². The van der Waals surface area contributed by atoms with Crippen molar-refractivity contribution in [3.8, 4) is 0 Å². The van der Waals surface area contributed by atoms with Crippen molar-refractivity contribution in [1.29, 1.82) is 0 Å². The van der Waals surface area contributed by atoms with Crippen molar-refractivity contribution in [2.24, 2.45) is 0 Å². The Morgan fingerprint density at radius 2 is 2.04 bits per heavy atom. The van der Waals surface area contributed by atoms with Gasteiger partial charge in [0.15, 0.2) is 6.17 Å². The van der Waals surface area contributed by atoms with E-state index in [1.165, 1.54) is 0 Å². The minimum absolute atomic E-state index is 0.0883. The molecule has 0 aromatic carbocycles. The number of nitrogens with zero attached hydrogens (tertiary/aromatic N) is 5. The molecule has 0 N–H and O–H groups in total. The Kier molecular flexibility index (Phi) is 4.60. The Morgan fingerprint density at radius 3 is 2.61 bits per heavy atom. The molecule has 2 atom stereocenters. The lowest BCUT2D eigenvalue weighted by atomic mass is 10.3. The van der Waals surface area contributed by atoms with E-state index in [9.17, 15) is 18.4 Å². The minimum atomic E-state index is -4.58. The van der Waals surface area contributed by atoms with Crippen molar-refractivity contribution < 1.29 is 17.9 Å². The van der Waals surface area contributed by atoms with Crippen LogP contribution in [0, 0.1) is 5.21 Å². The van der Waals surface area contributed by atoms with E-state index in [2.05, 4.69) is 10.2 Å². The largest absolute Gasteiger partial charge is 0.623 e. The van der Waals surface area contributed by atoms with Gasteiger partial charge in [-0.15, -0.1) is 5.10 Å². The van der Waals surface area contributed by atoms with Crippen molar-refractivity contribution in [3.05, 3.63) is 10.2 Å². The number of hydrogen-bond acceptors (Lipinski definition) is 7. The summed E-state index contributed by atoms with van der Waals surface area (Å²) < 4.78 is 42.7. The number of likely N-dealkylation sites (N-methyl/N-ethyl adjacent to an activating group) is 1. The molecule has 7 nitrogen and oxygen atoms in total. The number of aromatic nitrogens is 2. The Morgan fingerprint density at radius 1 is 1.35 bits per heavy atom. The lowest BCUT2D eigenvalue weighted by Crippen LogP contribution is -2.59. The fourth-order valence-electron chi connectivity index (χ4n) is 2.97. The SMILES string of the molecule is CCN1CC(N2CCOCC2)[N+]([O-])(c2nnc(C(F)(F)F)s2)C1. The molecule has 23 heavy (non-hydrogen) atoms. The fraction of sp³-hybridized carbons (Fsp3) is 0.833. The van der Waals surface area contributed by atoms with Crippen molar-refractivity contribution in [3.63, 3.8) is 0 Å². The normalized spacial score (nSPS) is 30.9. The third kappa shape index (κ3) is 3.21. The van der Waals surface area contributed by atoms with Gasteiger partial charge in [0.2, 0.25) is 5.01 Å². The Balaban J connectivity index is 1.90. The second kappa shape index (κ2) is 6.22. The van der Waals surface area contributed by atoms with Crippen LogP contribution < -0.4 is 4.65 Å². The fourth-order valence-corrected chi connectivity index (χ4v) is 3.75. The Labute approximate surface area is 135 Å². The zero-order valence-electron chi connectivity index (χ0n) is 12.6. The number of rotatable bonds is 3. The summed E-state index contributed by atoms with van der Waals surface area (Å²) in [5, 5.41) is 18.9. The summed E-state index contributed by atoms with van der Waals surface area (Å²) in [5.41, 5.74) is 0. The van der Waals surface area contributed by atoms with E-state index in [4.69, 9.17) is 4.74 Å². The minimum Gasteiger partial charge on any atom is -0.623 e. The average Bonchev–Trinajstić information content (AvgIpc) is 3.13. The zero-order chi connectivity index (χ0) is 16.7. The molecule has 0 aliphatic carbocycles. The van der Waals surface area contributed by atoms with E-state index in [0.29, 0.717) is 50.7 Å². The highest BCUT2D eigenvalue weighted by atomic mass is 32.1. The molecule has 2 saturated heterocycles. The molecule has 3 rings (SSSR count). The molecule has 2 aliphatic rings. The third-order valence-corrected chi connectivity index (χ3v) is 5.29. The number of ether oxygens (including phenoxy) is 1. The molecule has 2 unspecified atom stereocenters. The number of morpholine rings is 1. The number of hydroxylamine groups is 2. The molecule has 2 fully saturated rings. The first-order valence-electron chi connectivity index (χ1n) is 7.39. The quantitative estimate of drug-likeness (QED) is 0.603. The highest BCUT2D eigenvalue weighted by Crippen LogP contribution is 2.39. The van der Waals surface area contributed by atoms with Crippen molar-refractivity contribution in [2.45, 2.75) is 19.3 Å². The smallest absolute Gasteiger partial charge is 0.445 e. The van der Waals surface area contributed by atoms with Gasteiger partial charge in [-0.2, -0.15) is 13.2 Å². The van der Waals surface area contributed by atoms with E-state index in [1.807, 2.05) is 16.7 Å². The van der Waals surface area contributed by atoms with E-state index >= 15 is 0 Å². The maximum Gasteiger partial charge on any atom is 0.445 e. The summed E-state index contributed by atoms with van der Waals surface area (Å²) in [6.45, 7) is 5.40. The first-order valence-corrected chi connectivity index (χ1v) is 8.20. The molecule has 11 heteroatoms. The van der Waals surface area contributed by atoms with E-state index in [-0.39, 0.29) is 11.8 Å². The molecule has 1 aromatic heterocycles. The van der Waals surface area contributed by atoms with Crippen LogP contribution in [0.5, 0.6) is 0 Å². The van der Waals surface area contributed by atoms with Crippen LogP contribution in [0.15, 0.2) is 0 Å². The van der Waals surface area contributed by atoms with Gasteiger partial charge in [0.25, 0.3) is 0 Å². The molecule has 0 bridgehead atoms. The lowest BCUT2D eigenvalue weighted by molar-refractivity contribution is -0.138. The number of quaternary nitrogens is 1. The Bertz CT molecular complexity index is 551. The molecule has 2 aliphatic heterocycles. The standard InChI is InChI=1S/C12H18F3N5O2S/c1-2-18-7-9(19-3-5-22-6-4-19)20(21,8-18)11-17-16-10(23-11)12(13,14)15/h9H,2-8H2,1H3. The van der Waals surface area contributed by atoms with Crippen molar-refractivity contribution >= 4 is 16.5 Å². The molecule has 0 amide bonds. The average molecular weight is 353 g/mol. The second-order valence-electron chi connectivity index (χ2n) is 5.62. The van der Waals surface area contributed by atoms with Gasteiger partial charge in [0.1, 0.15) is 6.67 Å². The molecule has 130 valence electrons. The molecule has 0 radical (unpaired) electrons. The van der Waals surface area contributed by atoms with Crippen LogP contribution in [0.4, 0.5) is 18.3 Å². The predicted molar refractivity (Wildman–Crippen MR) is 78.4 cm³/mol. The molecule has 1 aromatic rings. The third-order valence-electron chi connectivity index (χ3n) is 4.21. The van der Waals surface area contributed by atoms with Crippen LogP contribution in [0.25, 0.3) is 0 Å². The molecule has 0 spiro atoms. The number of halogens is 3. The topological polar surface area (TPSA) is 64.5 Å². The molecular weight excluding hydrogens is 335 g/mol. The monoisotopic (exact) mass is 353 g/mol. The van der Waals surface area contributed by atoms with Crippen LogP contribution in [0.1, 0.15) is 11.9 Å². The first-order chi connectivity index (χ1) is 10.8. The number of alkyl halides is 3. The summed E-state index contributed by atoms with van der Waals surface area (Å²) in [7, 11) is 0. The van der Waals surface area contributed by atoms with Gasteiger partial charge in [0, 0.05) is 19.6 Å². The van der Waals surface area contributed by atoms with Crippen molar-refractivity contribution in [1.82, 2.24) is 24.6 Å². The van der Waals surface area contributed by atoms with Gasteiger partial charge in [-0.3, -0.25) is 4.65 Å². The van der Waals surface area contributed by atoms with Crippen LogP contribution in [-0.2, 0) is 10.9 Å². The summed E-state index contributed by atoms with van der Waals surface area (Å²) in [6.07, 6.45) is -5.05. The van der Waals surface area contributed by atoms with Gasteiger partial charge in [0.05, 0.1) is 19.8 Å². The van der Waals surface area contributed by atoms with Gasteiger partial charge in [-0.1, -0.05) is 12.0 Å². The van der Waals surface area contributed by atoms with Gasteiger partial charge < -0.3 is 9.94 Å². The summed E-state index contributed by atoms with van der Waals surface area (Å²) >= 11 is 0.344. The van der Waals surface area contributed by atoms with E-state index in [0.717, 1.165) is 0 Å². The molecular formula is C12H18F3N5O2S. The van der Waals surface area contributed by atoms with Gasteiger partial charge >= 0.3 is 11.3 Å². The maximum atomic E-state index is 13.4. The summed E-state index contributed by atoms with van der Waals surface area (Å²) in [6, 6.07) is 0. The Hall–Kier alpha value is -0.850. The van der Waals surface area contributed by atoms with E-state index in [1.54, 1.807) is 0 Å². The van der Waals surface area contributed by atoms with Gasteiger partial charge in [-0.05, 0) is 11.3 Å². The van der Waals surface area contributed by atoms with Gasteiger partial charge in [-0.25, -0.2) is 9.80 Å². The lowest BCUT2D eigenvalue weighted by Gasteiger charge is -2.45. The second-order valence-corrected chi connectivity index (χ2v) is 6.58. The predicted octanol–water partition coefficient (Wildman–Crippen LogP) is 1.31. The maximum absolute atomic E-state index is 13.4. The zero-order valence-corrected chi connectivity index (χ0v) is 13.4. The van der Waals surface area contributed by atoms with Crippen LogP contribution in [0.2, 0.25) is 0 Å². The van der Waals surface area contributed by atoms with E-state index < -0.39 is 22.0 Å². The molecule has 3 heterocycles. The first kappa shape index (κ1) is 17.0. The van der Waals surface area contributed by atoms with Crippen LogP contribution >= 0.6 is 11.3 Å². The molecule has 0 saturated carbocycles. The summed E-state index contributed by atoms with van der Waals surface area (Å²) in [4.78, 5) is 3.92. The van der Waals surface area contributed by atoms with Crippen molar-refractivity contribution in [2.75, 3.05) is 46.1 Å². The number of hydrogen-bond donors (Lipinski definition) is 0. The summed E-state index contributed by atoms with van der Waals surface area (Å²) in [5.74, 6) is 0.